The van der Waals surface area contributed by atoms with Gasteiger partial charge in [-0.1, -0.05) is 48.2 Å². The number of aromatic nitrogens is 5. The summed E-state index contributed by atoms with van der Waals surface area (Å²) < 4.78 is 6.89. The topological polar surface area (TPSA) is 82.3 Å². The summed E-state index contributed by atoms with van der Waals surface area (Å²) in [7, 11) is 0. The van der Waals surface area contributed by atoms with Crippen LogP contribution in [0.5, 0.6) is 0 Å². The van der Waals surface area contributed by atoms with E-state index in [2.05, 4.69) is 20.3 Å². The number of fused-ring (bicyclic) bond motifs is 1. The van der Waals surface area contributed by atoms with E-state index in [-0.39, 0.29) is 18.3 Å². The van der Waals surface area contributed by atoms with Crippen LogP contribution in [0.4, 0.5) is 0 Å². The molecular weight excluding hydrogens is 362 g/mol. The Morgan fingerprint density at radius 2 is 1.81 bits per heavy atom. The van der Waals surface area contributed by atoms with Crippen molar-refractivity contribution in [3.63, 3.8) is 0 Å². The van der Waals surface area contributed by atoms with Gasteiger partial charge in [0.1, 0.15) is 12.3 Å². The third kappa shape index (κ3) is 4.12. The molecule has 0 N–H and O–H groups in total. The van der Waals surface area contributed by atoms with Crippen molar-refractivity contribution < 1.29 is 9.53 Å². The fourth-order valence-electron chi connectivity index (χ4n) is 2.41. The predicted molar refractivity (Wildman–Crippen MR) is 101 cm³/mol. The maximum atomic E-state index is 12.0. The number of carbonyl (C=O) groups excluding carboxylic acids is 1. The van der Waals surface area contributed by atoms with E-state index in [0.717, 1.165) is 11.3 Å². The van der Waals surface area contributed by atoms with Crippen molar-refractivity contribution in [3.05, 3.63) is 72.4 Å². The first-order valence-electron chi connectivity index (χ1n) is 8.26. The second-order valence-electron chi connectivity index (χ2n) is 5.62. The van der Waals surface area contributed by atoms with E-state index in [1.54, 1.807) is 10.7 Å². The van der Waals surface area contributed by atoms with Gasteiger partial charge in [-0.05, 0) is 29.8 Å². The van der Waals surface area contributed by atoms with Gasteiger partial charge in [0.05, 0.1) is 11.4 Å². The van der Waals surface area contributed by atoms with E-state index in [4.69, 9.17) is 4.74 Å². The lowest BCUT2D eigenvalue weighted by Crippen LogP contribution is -2.08. The molecule has 0 bridgehead atoms. The van der Waals surface area contributed by atoms with Gasteiger partial charge in [-0.2, -0.15) is 9.61 Å². The number of ether oxygens (including phenoxy) is 1. The Hall–Kier alpha value is -3.26. The molecule has 0 aliphatic rings. The van der Waals surface area contributed by atoms with E-state index < -0.39 is 0 Å². The zero-order valence-electron chi connectivity index (χ0n) is 14.2. The molecule has 7 nitrogen and oxygen atoms in total. The highest BCUT2D eigenvalue weighted by Gasteiger charge is 2.12. The van der Waals surface area contributed by atoms with Crippen molar-refractivity contribution in [3.8, 4) is 11.4 Å². The zero-order valence-corrected chi connectivity index (χ0v) is 15.0. The van der Waals surface area contributed by atoms with E-state index in [1.165, 1.54) is 11.8 Å². The fraction of sp³-hybridized carbons (Fsp3) is 0.105. The summed E-state index contributed by atoms with van der Waals surface area (Å²) in [5, 5.41) is 13.2. The highest BCUT2D eigenvalue weighted by molar-refractivity contribution is 7.99. The number of carbonyl (C=O) groups is 1. The third-order valence-corrected chi connectivity index (χ3v) is 4.62. The lowest BCUT2D eigenvalue weighted by Gasteiger charge is -2.04. The summed E-state index contributed by atoms with van der Waals surface area (Å²) in [6.45, 7) is 0.253. The van der Waals surface area contributed by atoms with Crippen LogP contribution in [0.15, 0.2) is 72.0 Å². The summed E-state index contributed by atoms with van der Waals surface area (Å²) >= 11 is 1.24. The molecule has 4 aromatic rings. The Morgan fingerprint density at radius 1 is 0.963 bits per heavy atom. The number of thioether (sulfide) groups is 1. The quantitative estimate of drug-likeness (QED) is 0.377. The molecule has 134 valence electrons. The Labute approximate surface area is 159 Å². The lowest BCUT2D eigenvalue weighted by molar-refractivity contribution is -0.141. The first kappa shape index (κ1) is 17.2. The summed E-state index contributed by atoms with van der Waals surface area (Å²) in [4.78, 5) is 16.3. The average Bonchev–Trinajstić information content (AvgIpc) is 3.14. The van der Waals surface area contributed by atoms with E-state index in [9.17, 15) is 4.79 Å². The van der Waals surface area contributed by atoms with Gasteiger partial charge in [0.25, 0.3) is 0 Å². The number of rotatable bonds is 6. The SMILES string of the molecule is O=C(CSc1nnc2ccc(-c3ccccn3)nn12)OCc1ccccc1. The molecule has 0 atom stereocenters. The molecule has 4 rings (SSSR count). The van der Waals surface area contributed by atoms with Crippen molar-refractivity contribution in [1.29, 1.82) is 0 Å². The minimum Gasteiger partial charge on any atom is -0.460 e. The van der Waals surface area contributed by atoms with Crippen molar-refractivity contribution in [2.45, 2.75) is 11.8 Å². The molecule has 3 heterocycles. The van der Waals surface area contributed by atoms with Crippen LogP contribution in [0.1, 0.15) is 5.56 Å². The van der Waals surface area contributed by atoms with Crippen LogP contribution < -0.4 is 0 Å². The summed E-state index contributed by atoms with van der Waals surface area (Å²) in [6.07, 6.45) is 1.71. The van der Waals surface area contributed by atoms with Gasteiger partial charge < -0.3 is 4.74 Å². The predicted octanol–water partition coefficient (Wildman–Crippen LogP) is 3.02. The molecule has 3 aromatic heterocycles. The molecule has 0 saturated carbocycles. The highest BCUT2D eigenvalue weighted by Crippen LogP contribution is 2.19. The number of pyridine rings is 1. The van der Waals surface area contributed by atoms with Crippen LogP contribution in [0.2, 0.25) is 0 Å². The van der Waals surface area contributed by atoms with Crippen LogP contribution in [0.3, 0.4) is 0 Å². The number of hydrogen-bond donors (Lipinski definition) is 0. The van der Waals surface area contributed by atoms with Gasteiger partial charge in [0.15, 0.2) is 5.65 Å². The standard InChI is InChI=1S/C19H15N5O2S/c25-18(26-12-14-6-2-1-3-7-14)13-27-19-22-21-17-10-9-16(23-24(17)19)15-8-4-5-11-20-15/h1-11H,12-13H2. The number of esters is 1. The first-order valence-corrected chi connectivity index (χ1v) is 9.24. The smallest absolute Gasteiger partial charge is 0.316 e. The van der Waals surface area contributed by atoms with Gasteiger partial charge in [0.2, 0.25) is 5.16 Å². The minimum absolute atomic E-state index is 0.128. The molecule has 0 aliphatic carbocycles. The Morgan fingerprint density at radius 3 is 2.63 bits per heavy atom. The molecule has 0 aliphatic heterocycles. The first-order chi connectivity index (χ1) is 13.3. The van der Waals surface area contributed by atoms with Gasteiger partial charge in [0, 0.05) is 6.20 Å². The van der Waals surface area contributed by atoms with Gasteiger partial charge in [-0.3, -0.25) is 9.78 Å². The number of benzene rings is 1. The van der Waals surface area contributed by atoms with Crippen LogP contribution in [-0.4, -0.2) is 36.5 Å². The maximum absolute atomic E-state index is 12.0. The zero-order chi connectivity index (χ0) is 18.5. The molecule has 0 fully saturated rings. The average molecular weight is 377 g/mol. The van der Waals surface area contributed by atoms with Gasteiger partial charge in [-0.15, -0.1) is 10.2 Å². The molecule has 0 amide bonds. The number of nitrogens with zero attached hydrogens (tertiary/aromatic N) is 5. The molecular formula is C19H15N5O2S. The van der Waals surface area contributed by atoms with Gasteiger partial charge >= 0.3 is 5.97 Å². The molecule has 0 saturated heterocycles. The largest absolute Gasteiger partial charge is 0.460 e. The second kappa shape index (κ2) is 7.96. The minimum atomic E-state index is -0.318. The Balaban J connectivity index is 1.43. The van der Waals surface area contributed by atoms with Crippen molar-refractivity contribution in [1.82, 2.24) is 24.8 Å². The molecule has 0 unspecified atom stereocenters. The van der Waals surface area contributed by atoms with Crippen molar-refractivity contribution in [2.75, 3.05) is 5.75 Å². The van der Waals surface area contributed by atoms with Crippen LogP contribution in [0.25, 0.3) is 17.0 Å². The molecule has 27 heavy (non-hydrogen) atoms. The van der Waals surface area contributed by atoms with E-state index >= 15 is 0 Å². The third-order valence-electron chi connectivity index (χ3n) is 3.72. The fourth-order valence-corrected chi connectivity index (χ4v) is 3.10. The van der Waals surface area contributed by atoms with E-state index in [0.29, 0.717) is 16.5 Å². The Kier molecular flexibility index (Phi) is 5.06. The molecule has 0 spiro atoms. The maximum Gasteiger partial charge on any atom is 0.316 e. The monoisotopic (exact) mass is 377 g/mol. The van der Waals surface area contributed by atoms with E-state index in [1.807, 2.05) is 60.7 Å². The van der Waals surface area contributed by atoms with Crippen LogP contribution in [-0.2, 0) is 16.1 Å². The highest BCUT2D eigenvalue weighted by atomic mass is 32.2. The van der Waals surface area contributed by atoms with Crippen LogP contribution in [0, 0.1) is 0 Å². The summed E-state index contributed by atoms with van der Waals surface area (Å²) in [6, 6.07) is 18.9. The second-order valence-corrected chi connectivity index (χ2v) is 6.56. The number of hydrogen-bond acceptors (Lipinski definition) is 7. The lowest BCUT2D eigenvalue weighted by atomic mass is 10.2. The molecule has 0 radical (unpaired) electrons. The Bertz CT molecular complexity index is 1050. The van der Waals surface area contributed by atoms with Crippen LogP contribution >= 0.6 is 11.8 Å². The van der Waals surface area contributed by atoms with Crippen molar-refractivity contribution >= 4 is 23.4 Å². The summed E-state index contributed by atoms with van der Waals surface area (Å²) in [5.41, 5.74) is 3.02. The van der Waals surface area contributed by atoms with Crippen molar-refractivity contribution in [2.24, 2.45) is 0 Å². The normalized spacial score (nSPS) is 10.8. The summed E-state index contributed by atoms with van der Waals surface area (Å²) in [5.74, 6) is -0.190. The molecule has 1 aromatic carbocycles. The van der Waals surface area contributed by atoms with Gasteiger partial charge in [-0.25, -0.2) is 0 Å². The molecule has 8 heteroatoms.